The van der Waals surface area contributed by atoms with Gasteiger partial charge in [0.2, 0.25) is 0 Å². The Labute approximate surface area is 110 Å². The van der Waals surface area contributed by atoms with E-state index in [0.29, 0.717) is 16.5 Å². The molecule has 0 aliphatic carbocycles. The van der Waals surface area contributed by atoms with Gasteiger partial charge in [-0.05, 0) is 38.5 Å². The molecule has 1 heterocycles. The summed E-state index contributed by atoms with van der Waals surface area (Å²) >= 11 is 0. The van der Waals surface area contributed by atoms with Crippen LogP contribution in [0.15, 0.2) is 33.5 Å². The second-order valence-electron chi connectivity index (χ2n) is 4.98. The van der Waals surface area contributed by atoms with Crippen LogP contribution in [-0.2, 0) is 0 Å². The maximum atomic E-state index is 12.1. The summed E-state index contributed by atoms with van der Waals surface area (Å²) < 4.78 is 5.41. The average molecular weight is 254 g/mol. The van der Waals surface area contributed by atoms with E-state index in [-0.39, 0.29) is 11.4 Å². The second-order valence-corrected chi connectivity index (χ2v) is 4.98. The third-order valence-corrected chi connectivity index (χ3v) is 3.56. The van der Waals surface area contributed by atoms with Crippen molar-refractivity contribution in [3.8, 4) is 5.75 Å². The quantitative estimate of drug-likeness (QED) is 0.493. The molecule has 0 saturated heterocycles. The van der Waals surface area contributed by atoms with Crippen molar-refractivity contribution >= 4 is 21.7 Å². The Morgan fingerprint density at radius 2 is 1.79 bits per heavy atom. The molecule has 0 radical (unpaired) electrons. The fourth-order valence-electron chi connectivity index (χ4n) is 2.52. The van der Waals surface area contributed by atoms with E-state index in [1.54, 1.807) is 13.0 Å². The van der Waals surface area contributed by atoms with E-state index in [2.05, 4.69) is 0 Å². The van der Waals surface area contributed by atoms with Crippen molar-refractivity contribution in [2.75, 3.05) is 0 Å². The molecule has 0 unspecified atom stereocenters. The summed E-state index contributed by atoms with van der Waals surface area (Å²) in [5.74, 6) is 0.152. The monoisotopic (exact) mass is 254 g/mol. The lowest BCUT2D eigenvalue weighted by molar-refractivity contribution is 0.468. The number of phenolic OH excluding ortho intramolecular Hbond substituents is 1. The fourth-order valence-corrected chi connectivity index (χ4v) is 2.52. The van der Waals surface area contributed by atoms with Crippen LogP contribution < -0.4 is 5.63 Å². The molecule has 0 spiro atoms. The minimum Gasteiger partial charge on any atom is -0.508 e. The Morgan fingerprint density at radius 3 is 2.53 bits per heavy atom. The van der Waals surface area contributed by atoms with Crippen LogP contribution in [0.2, 0.25) is 0 Å². The lowest BCUT2D eigenvalue weighted by atomic mass is 9.99. The summed E-state index contributed by atoms with van der Waals surface area (Å²) in [5, 5.41) is 12.2. The molecule has 0 fully saturated rings. The van der Waals surface area contributed by atoms with Crippen LogP contribution in [-0.4, -0.2) is 5.11 Å². The Kier molecular flexibility index (Phi) is 2.39. The van der Waals surface area contributed by atoms with E-state index >= 15 is 0 Å². The van der Waals surface area contributed by atoms with Gasteiger partial charge in [0.25, 0.3) is 0 Å². The largest absolute Gasteiger partial charge is 0.508 e. The molecule has 0 bridgehead atoms. The zero-order chi connectivity index (χ0) is 13.7. The molecule has 2 aromatic carbocycles. The van der Waals surface area contributed by atoms with Gasteiger partial charge in [-0.15, -0.1) is 0 Å². The van der Waals surface area contributed by atoms with Crippen molar-refractivity contribution < 1.29 is 9.52 Å². The normalized spacial score (nSPS) is 11.3. The maximum absolute atomic E-state index is 12.1. The molecule has 3 nitrogen and oxygen atoms in total. The van der Waals surface area contributed by atoms with Crippen LogP contribution in [0.25, 0.3) is 21.7 Å². The topological polar surface area (TPSA) is 50.4 Å². The van der Waals surface area contributed by atoms with Crippen molar-refractivity contribution in [3.05, 3.63) is 51.4 Å². The number of hydrogen-bond donors (Lipinski definition) is 1. The van der Waals surface area contributed by atoms with Gasteiger partial charge < -0.3 is 9.52 Å². The summed E-state index contributed by atoms with van der Waals surface area (Å²) in [6.07, 6.45) is 0. The lowest BCUT2D eigenvalue weighted by Crippen LogP contribution is -2.02. The molecule has 0 amide bonds. The molecule has 3 aromatic rings. The third kappa shape index (κ3) is 1.62. The van der Waals surface area contributed by atoms with E-state index in [0.717, 1.165) is 21.9 Å². The van der Waals surface area contributed by atoms with Gasteiger partial charge in [-0.2, -0.15) is 0 Å². The molecule has 19 heavy (non-hydrogen) atoms. The van der Waals surface area contributed by atoms with Gasteiger partial charge in [0.05, 0.1) is 5.39 Å². The molecule has 3 heteroatoms. The Bertz CT molecular complexity index is 873. The van der Waals surface area contributed by atoms with Gasteiger partial charge in [-0.25, -0.2) is 4.79 Å². The number of phenols is 1. The first-order valence-electron chi connectivity index (χ1n) is 6.15. The summed E-state index contributed by atoms with van der Waals surface area (Å²) in [7, 11) is 0. The SMILES string of the molecule is Cc1ccc2c(c1)c(=O)oc1c(C)c(O)cc(C)c12. The van der Waals surface area contributed by atoms with E-state index in [4.69, 9.17) is 4.42 Å². The van der Waals surface area contributed by atoms with Gasteiger partial charge in [0.1, 0.15) is 11.3 Å². The molecule has 1 aromatic heterocycles. The number of aromatic hydroxyl groups is 1. The number of fused-ring (bicyclic) bond motifs is 3. The van der Waals surface area contributed by atoms with E-state index in [1.165, 1.54) is 0 Å². The predicted molar refractivity (Wildman–Crippen MR) is 75.9 cm³/mol. The summed E-state index contributed by atoms with van der Waals surface area (Å²) in [6.45, 7) is 5.60. The van der Waals surface area contributed by atoms with Gasteiger partial charge in [-0.3, -0.25) is 0 Å². The number of aryl methyl sites for hydroxylation is 3. The van der Waals surface area contributed by atoms with Crippen molar-refractivity contribution in [2.24, 2.45) is 0 Å². The van der Waals surface area contributed by atoms with Crippen LogP contribution in [0.1, 0.15) is 16.7 Å². The van der Waals surface area contributed by atoms with Crippen LogP contribution in [0.4, 0.5) is 0 Å². The van der Waals surface area contributed by atoms with E-state index in [1.807, 2.05) is 32.0 Å². The van der Waals surface area contributed by atoms with Gasteiger partial charge in [0, 0.05) is 16.3 Å². The third-order valence-electron chi connectivity index (χ3n) is 3.56. The molecule has 0 aliphatic heterocycles. The molecule has 96 valence electrons. The number of hydrogen-bond acceptors (Lipinski definition) is 3. The van der Waals surface area contributed by atoms with Crippen molar-refractivity contribution in [2.45, 2.75) is 20.8 Å². The standard InChI is InChI=1S/C16H14O3/c1-8-4-5-11-12(6-8)16(18)19-15-10(3)13(17)7-9(2)14(11)15/h4-7,17H,1-3H3. The fraction of sp³-hybridized carbons (Fsp3) is 0.188. The minimum absolute atomic E-state index is 0.152. The van der Waals surface area contributed by atoms with Gasteiger partial charge in [0.15, 0.2) is 0 Å². The lowest BCUT2D eigenvalue weighted by Gasteiger charge is -2.09. The molecular weight excluding hydrogens is 240 g/mol. The Balaban J connectivity index is 2.68. The molecule has 0 aliphatic rings. The minimum atomic E-state index is -0.362. The Morgan fingerprint density at radius 1 is 1.05 bits per heavy atom. The molecular formula is C16H14O3. The molecule has 0 atom stereocenters. The zero-order valence-electron chi connectivity index (χ0n) is 11.1. The highest BCUT2D eigenvalue weighted by atomic mass is 16.4. The van der Waals surface area contributed by atoms with Crippen LogP contribution in [0.3, 0.4) is 0 Å². The highest BCUT2D eigenvalue weighted by Crippen LogP contribution is 2.33. The van der Waals surface area contributed by atoms with Crippen molar-refractivity contribution in [1.82, 2.24) is 0 Å². The first kappa shape index (κ1) is 11.8. The van der Waals surface area contributed by atoms with Gasteiger partial charge in [-0.1, -0.05) is 17.7 Å². The Hall–Kier alpha value is -2.29. The van der Waals surface area contributed by atoms with E-state index in [9.17, 15) is 9.90 Å². The summed E-state index contributed by atoms with van der Waals surface area (Å²) in [5.41, 5.74) is 2.63. The maximum Gasteiger partial charge on any atom is 0.344 e. The molecule has 1 N–H and O–H groups in total. The van der Waals surface area contributed by atoms with Crippen LogP contribution in [0.5, 0.6) is 5.75 Å². The van der Waals surface area contributed by atoms with Crippen molar-refractivity contribution in [1.29, 1.82) is 0 Å². The summed E-state index contributed by atoms with van der Waals surface area (Å²) in [6, 6.07) is 7.45. The van der Waals surface area contributed by atoms with Crippen LogP contribution in [0, 0.1) is 20.8 Å². The second kappa shape index (κ2) is 3.85. The zero-order valence-corrected chi connectivity index (χ0v) is 11.1. The average Bonchev–Trinajstić information content (AvgIpc) is 2.36. The highest BCUT2D eigenvalue weighted by Gasteiger charge is 2.14. The van der Waals surface area contributed by atoms with E-state index < -0.39 is 0 Å². The predicted octanol–water partition coefficient (Wildman–Crippen LogP) is 3.58. The highest BCUT2D eigenvalue weighted by molar-refractivity contribution is 6.07. The van der Waals surface area contributed by atoms with Gasteiger partial charge >= 0.3 is 5.63 Å². The molecule has 0 saturated carbocycles. The van der Waals surface area contributed by atoms with Crippen LogP contribution >= 0.6 is 0 Å². The first-order valence-corrected chi connectivity index (χ1v) is 6.15. The van der Waals surface area contributed by atoms with Crippen molar-refractivity contribution in [3.63, 3.8) is 0 Å². The first-order chi connectivity index (χ1) is 8.99. The number of benzene rings is 2. The number of rotatable bonds is 0. The smallest absolute Gasteiger partial charge is 0.344 e. The summed E-state index contributed by atoms with van der Waals surface area (Å²) in [4.78, 5) is 12.1. The molecule has 3 rings (SSSR count).